The van der Waals surface area contributed by atoms with E-state index >= 15 is 0 Å². The first-order valence-electron chi connectivity index (χ1n) is 8.61. The van der Waals surface area contributed by atoms with E-state index in [4.69, 9.17) is 14.7 Å². The van der Waals surface area contributed by atoms with Crippen LogP contribution in [0.25, 0.3) is 0 Å². The molecule has 7 heteroatoms. The average Bonchev–Trinajstić information content (AvgIpc) is 3.11. The molecule has 1 spiro atoms. The number of aryl methyl sites for hydroxylation is 1. The van der Waals surface area contributed by atoms with Gasteiger partial charge in [0.15, 0.2) is 0 Å². The molecule has 4 fully saturated rings. The van der Waals surface area contributed by atoms with E-state index in [-0.39, 0.29) is 17.7 Å². The molecule has 0 saturated carbocycles. The Morgan fingerprint density at radius 1 is 1.52 bits per heavy atom. The lowest BCUT2D eigenvalue weighted by Gasteiger charge is -2.43. The summed E-state index contributed by atoms with van der Waals surface area (Å²) in [5.41, 5.74) is 0.359. The fourth-order valence-electron chi connectivity index (χ4n) is 5.48. The molecule has 0 aliphatic carbocycles. The van der Waals surface area contributed by atoms with E-state index in [0.717, 1.165) is 5.56 Å². The number of aliphatic hydroxyl groups is 1. The highest BCUT2D eigenvalue weighted by Gasteiger charge is 2.78. The number of hydrogen-bond acceptors (Lipinski definition) is 6. The zero-order valence-corrected chi connectivity index (χ0v) is 14.1. The Kier molecular flexibility index (Phi) is 2.80. The number of ether oxygens (including phenoxy) is 2. The van der Waals surface area contributed by atoms with Crippen LogP contribution in [0.4, 0.5) is 5.69 Å². The van der Waals surface area contributed by atoms with Crippen LogP contribution in [0.5, 0.6) is 0 Å². The molecule has 0 aromatic carbocycles. The van der Waals surface area contributed by atoms with Gasteiger partial charge in [0.1, 0.15) is 23.6 Å². The molecule has 1 amide bonds. The molecule has 25 heavy (non-hydrogen) atoms. The molecule has 1 aromatic heterocycles. The van der Waals surface area contributed by atoms with E-state index in [1.54, 1.807) is 24.1 Å². The van der Waals surface area contributed by atoms with Gasteiger partial charge in [-0.3, -0.25) is 9.69 Å². The second-order valence-corrected chi connectivity index (χ2v) is 7.78. The van der Waals surface area contributed by atoms with E-state index in [1.165, 1.54) is 0 Å². The Hall–Kier alpha value is -2.01. The Bertz CT molecular complexity index is 836. The number of pyridine rings is 1. The molecule has 4 aliphatic rings. The first kappa shape index (κ1) is 15.3. The Labute approximate surface area is 145 Å². The van der Waals surface area contributed by atoms with Gasteiger partial charge in [0.25, 0.3) is 0 Å². The molecule has 130 valence electrons. The highest BCUT2D eigenvalue weighted by Crippen LogP contribution is 2.65. The van der Waals surface area contributed by atoms with Gasteiger partial charge in [0, 0.05) is 12.8 Å². The third-order valence-corrected chi connectivity index (χ3v) is 6.46. The van der Waals surface area contributed by atoms with Crippen molar-refractivity contribution in [1.82, 2.24) is 4.98 Å². The molecule has 4 saturated heterocycles. The Balaban J connectivity index is 1.62. The molecular formula is C18H19N3O4. The van der Waals surface area contributed by atoms with E-state index in [0.29, 0.717) is 30.8 Å². The molecule has 5 rings (SSSR count). The van der Waals surface area contributed by atoms with Crippen molar-refractivity contribution in [2.75, 3.05) is 11.5 Å². The molecular weight excluding hydrogens is 322 g/mol. The summed E-state index contributed by atoms with van der Waals surface area (Å²) in [4.78, 5) is 19.1. The predicted octanol–water partition coefficient (Wildman–Crippen LogP) is 0.879. The molecule has 4 aliphatic heterocycles. The highest BCUT2D eigenvalue weighted by atomic mass is 16.6. The lowest BCUT2D eigenvalue weighted by Crippen LogP contribution is -2.56. The maximum Gasteiger partial charge on any atom is 0.235 e. The van der Waals surface area contributed by atoms with Gasteiger partial charge in [-0.1, -0.05) is 0 Å². The maximum atomic E-state index is 13.3. The van der Waals surface area contributed by atoms with Gasteiger partial charge in [-0.15, -0.1) is 0 Å². The number of aromatic nitrogens is 1. The Morgan fingerprint density at radius 2 is 2.32 bits per heavy atom. The molecule has 0 radical (unpaired) electrons. The second-order valence-electron chi connectivity index (χ2n) is 7.78. The number of aliphatic hydroxyl groups excluding tert-OH is 1. The highest BCUT2D eigenvalue weighted by molar-refractivity contribution is 5.99. The van der Waals surface area contributed by atoms with Crippen LogP contribution in [-0.4, -0.2) is 46.1 Å². The van der Waals surface area contributed by atoms with E-state index in [1.807, 2.05) is 13.0 Å². The second kappa shape index (κ2) is 4.58. The van der Waals surface area contributed by atoms with Crippen LogP contribution in [-0.2, 0) is 14.3 Å². The molecule has 7 nitrogen and oxygen atoms in total. The number of nitriles is 1. The van der Waals surface area contributed by atoms with E-state index < -0.39 is 23.5 Å². The van der Waals surface area contributed by atoms with Crippen molar-refractivity contribution in [2.45, 2.75) is 50.2 Å². The van der Waals surface area contributed by atoms with Crippen molar-refractivity contribution in [2.24, 2.45) is 11.8 Å². The van der Waals surface area contributed by atoms with Crippen LogP contribution in [0.15, 0.2) is 12.3 Å². The minimum absolute atomic E-state index is 0.0425. The molecule has 2 bridgehead atoms. The summed E-state index contributed by atoms with van der Waals surface area (Å²) in [6.45, 7) is 4.17. The van der Waals surface area contributed by atoms with Crippen molar-refractivity contribution < 1.29 is 19.4 Å². The lowest BCUT2D eigenvalue weighted by molar-refractivity contribution is -0.163. The predicted molar refractivity (Wildman–Crippen MR) is 85.4 cm³/mol. The number of fused-ring (bicyclic) bond motifs is 2. The third kappa shape index (κ3) is 1.65. The summed E-state index contributed by atoms with van der Waals surface area (Å²) in [7, 11) is 0. The van der Waals surface area contributed by atoms with Gasteiger partial charge in [-0.25, -0.2) is 4.98 Å². The molecule has 6 atom stereocenters. The number of amides is 1. The summed E-state index contributed by atoms with van der Waals surface area (Å²) < 4.78 is 12.3. The van der Waals surface area contributed by atoms with Gasteiger partial charge >= 0.3 is 0 Å². The zero-order chi connectivity index (χ0) is 17.6. The smallest absolute Gasteiger partial charge is 0.235 e. The monoisotopic (exact) mass is 341 g/mol. The summed E-state index contributed by atoms with van der Waals surface area (Å²) in [6.07, 6.45) is 1.60. The number of nitrogens with zero attached hydrogens (tertiary/aromatic N) is 3. The quantitative estimate of drug-likeness (QED) is 0.815. The van der Waals surface area contributed by atoms with Gasteiger partial charge in [-0.05, 0) is 25.5 Å². The summed E-state index contributed by atoms with van der Waals surface area (Å²) >= 11 is 0. The first-order chi connectivity index (χ1) is 11.9. The number of carbonyl (C=O) groups is 1. The fraction of sp³-hybridized carbons (Fsp3) is 0.611. The number of carbonyl (C=O) groups excluding carboxylic acids is 1. The van der Waals surface area contributed by atoms with Crippen molar-refractivity contribution in [3.05, 3.63) is 23.5 Å². The minimum Gasteiger partial charge on any atom is -0.390 e. The molecule has 0 unspecified atom stereocenters. The molecule has 1 N–H and O–H groups in total. The van der Waals surface area contributed by atoms with Gasteiger partial charge in [-0.2, -0.15) is 5.26 Å². The minimum atomic E-state index is -0.693. The Morgan fingerprint density at radius 3 is 3.04 bits per heavy atom. The topological polar surface area (TPSA) is 95.7 Å². The van der Waals surface area contributed by atoms with Gasteiger partial charge in [0.05, 0.1) is 42.0 Å². The maximum absolute atomic E-state index is 13.3. The van der Waals surface area contributed by atoms with Gasteiger partial charge < -0.3 is 14.6 Å². The van der Waals surface area contributed by atoms with Crippen molar-refractivity contribution in [1.29, 1.82) is 5.26 Å². The van der Waals surface area contributed by atoms with Crippen molar-refractivity contribution in [3.8, 4) is 6.07 Å². The summed E-state index contributed by atoms with van der Waals surface area (Å²) in [5.74, 6) is -0.547. The lowest BCUT2D eigenvalue weighted by atomic mass is 9.65. The SMILES string of the molecule is Cc1cc(N2C(=O)[C@H]3[C@H]4[C@@H]2OCC[C@@]42O[C@]3(C)C[C@@H]2O)cnc1C#N. The number of hydrogen-bond donors (Lipinski definition) is 1. The third-order valence-electron chi connectivity index (χ3n) is 6.46. The molecule has 1 aromatic rings. The van der Waals surface area contributed by atoms with Crippen LogP contribution in [0.2, 0.25) is 0 Å². The van der Waals surface area contributed by atoms with E-state index in [9.17, 15) is 9.90 Å². The van der Waals surface area contributed by atoms with Crippen LogP contribution < -0.4 is 4.90 Å². The summed E-state index contributed by atoms with van der Waals surface area (Å²) in [5, 5.41) is 19.7. The van der Waals surface area contributed by atoms with E-state index in [2.05, 4.69) is 4.98 Å². The molecule has 5 heterocycles. The number of rotatable bonds is 1. The van der Waals surface area contributed by atoms with Gasteiger partial charge in [0.2, 0.25) is 5.91 Å². The van der Waals surface area contributed by atoms with Crippen LogP contribution >= 0.6 is 0 Å². The first-order valence-corrected chi connectivity index (χ1v) is 8.61. The normalized spacial score (nSPS) is 44.1. The van der Waals surface area contributed by atoms with Crippen molar-refractivity contribution in [3.63, 3.8) is 0 Å². The summed E-state index contributed by atoms with van der Waals surface area (Å²) in [6, 6.07) is 3.85. The largest absolute Gasteiger partial charge is 0.390 e. The fourth-order valence-corrected chi connectivity index (χ4v) is 5.48. The number of anilines is 1. The van der Waals surface area contributed by atoms with Crippen LogP contribution in [0, 0.1) is 30.1 Å². The van der Waals surface area contributed by atoms with Crippen LogP contribution in [0.1, 0.15) is 31.0 Å². The zero-order valence-electron chi connectivity index (χ0n) is 14.1. The average molecular weight is 341 g/mol. The van der Waals surface area contributed by atoms with Crippen molar-refractivity contribution >= 4 is 11.6 Å². The van der Waals surface area contributed by atoms with Crippen LogP contribution in [0.3, 0.4) is 0 Å². The standard InChI is InChI=1S/C18H19N3O4/c1-9-5-10(8-20-11(9)7-19)21-15(23)13-14-16(21)24-4-3-18(14)12(22)6-17(13,2)25-18/h5,8,12-14,16,22H,3-4,6H2,1-2H3/t12-,13+,14-,16-,17+,18-/m0/s1.